The Morgan fingerprint density at radius 2 is 2.40 bits per heavy atom. The van der Waals surface area contributed by atoms with Crippen molar-refractivity contribution in [1.82, 2.24) is 0 Å². The highest BCUT2D eigenvalue weighted by molar-refractivity contribution is 6.09. The number of hydrogen-bond acceptors (Lipinski definition) is 1. The molecule has 0 unspecified atom stereocenters. The summed E-state index contributed by atoms with van der Waals surface area (Å²) in [6.07, 6.45) is 3.32. The van der Waals surface area contributed by atoms with E-state index in [9.17, 15) is 0 Å². The number of rotatable bonds is 1. The minimum atomic E-state index is 0.844. The molecule has 0 aliphatic heterocycles. The van der Waals surface area contributed by atoms with Crippen LogP contribution in [-0.2, 0) is 0 Å². The van der Waals surface area contributed by atoms with Crippen LogP contribution in [0.25, 0.3) is 0 Å². The third kappa shape index (κ3) is 3.76. The third-order valence-electron chi connectivity index (χ3n) is 0.254. The molecule has 0 amide bonds. The van der Waals surface area contributed by atoms with Gasteiger partial charge in [-0.05, 0) is 12.2 Å². The number of nitrogens with two attached hydrogens (primary N) is 1. The van der Waals surface area contributed by atoms with Gasteiger partial charge < -0.3 is 5.73 Å². The van der Waals surface area contributed by atoms with E-state index in [-0.39, 0.29) is 0 Å². The van der Waals surface area contributed by atoms with E-state index >= 15 is 0 Å². The minimum absolute atomic E-state index is 0.844. The highest BCUT2D eigenvalue weighted by Crippen LogP contribution is 1.66. The molecule has 0 aliphatic carbocycles. The lowest BCUT2D eigenvalue weighted by atomic mass is 10.7. The molecule has 0 aromatic heterocycles. The lowest BCUT2D eigenvalue weighted by Crippen LogP contribution is -1.73. The zero-order valence-corrected chi connectivity index (χ0v) is 3.94. The molecule has 0 fully saturated rings. The largest absolute Gasteiger partial charge is 0.405 e. The first-order chi connectivity index (χ1) is 2.41. The van der Waals surface area contributed by atoms with Crippen molar-refractivity contribution in [2.75, 3.05) is 0 Å². The van der Waals surface area contributed by atoms with Crippen LogP contribution in [0.4, 0.5) is 0 Å². The second-order valence-corrected chi connectivity index (χ2v) is 1.04. The van der Waals surface area contributed by atoms with Gasteiger partial charge in [0.2, 0.25) is 0 Å². The van der Waals surface area contributed by atoms with Crippen molar-refractivity contribution in [2.24, 2.45) is 5.73 Å². The van der Waals surface area contributed by atoms with Gasteiger partial charge in [0, 0.05) is 10.2 Å². The smallest absolute Gasteiger partial charge is 0.0276 e. The van der Waals surface area contributed by atoms with Crippen LogP contribution in [0.3, 0.4) is 0 Å². The normalized spacial score (nSPS) is 9.80. The van der Waals surface area contributed by atoms with Gasteiger partial charge >= 0.3 is 0 Å². The van der Waals surface area contributed by atoms with Gasteiger partial charge in [0.25, 0.3) is 0 Å². The van der Waals surface area contributed by atoms with Crippen LogP contribution in [0, 0.1) is 0 Å². The van der Waals surface area contributed by atoms with E-state index in [1.807, 2.05) is 6.08 Å². The summed E-state index contributed by atoms with van der Waals surface area (Å²) >= 11 is 0. The Bertz CT molecular complexity index is 33.9. The molecule has 3 radical (unpaired) electrons. The van der Waals surface area contributed by atoms with E-state index in [0.717, 1.165) is 6.04 Å². The first kappa shape index (κ1) is 4.76. The molecule has 0 aliphatic rings. The van der Waals surface area contributed by atoms with Crippen LogP contribution >= 0.6 is 0 Å². The molecule has 0 aromatic rings. The summed E-state index contributed by atoms with van der Waals surface area (Å²) in [6.45, 7) is 0. The molecule has 0 aromatic carbocycles. The fourth-order valence-electron chi connectivity index (χ4n) is 0.0680. The average Bonchev–Trinajstić information content (AvgIpc) is 1.41. The summed E-state index contributed by atoms with van der Waals surface area (Å²) in [5, 5.41) is 0. The number of allylic oxidation sites excluding steroid dienone is 1. The SMILES string of the molecule is NC=CC[Si]. The van der Waals surface area contributed by atoms with Gasteiger partial charge in [-0.3, -0.25) is 0 Å². The molecule has 0 heterocycles. The fourth-order valence-corrected chi connectivity index (χ4v) is 0.204. The van der Waals surface area contributed by atoms with Gasteiger partial charge in [0.1, 0.15) is 0 Å². The van der Waals surface area contributed by atoms with E-state index in [2.05, 4.69) is 10.2 Å². The number of hydrogen-bond donors (Lipinski definition) is 1. The van der Waals surface area contributed by atoms with Gasteiger partial charge in [0.05, 0.1) is 0 Å². The Hall–Kier alpha value is -0.243. The Kier molecular flexibility index (Phi) is 3.57. The van der Waals surface area contributed by atoms with Crippen molar-refractivity contribution in [1.29, 1.82) is 0 Å². The molecule has 2 N–H and O–H groups in total. The zero-order valence-electron chi connectivity index (χ0n) is 2.94. The highest BCUT2D eigenvalue weighted by atomic mass is 28.1. The van der Waals surface area contributed by atoms with Crippen molar-refractivity contribution in [3.8, 4) is 0 Å². The zero-order chi connectivity index (χ0) is 4.12. The maximum absolute atomic E-state index is 4.93. The molecule has 0 atom stereocenters. The Balaban J connectivity index is 2.62. The van der Waals surface area contributed by atoms with Crippen LogP contribution in [-0.4, -0.2) is 10.2 Å². The van der Waals surface area contributed by atoms with E-state index in [4.69, 9.17) is 5.73 Å². The maximum atomic E-state index is 4.93. The van der Waals surface area contributed by atoms with Gasteiger partial charge in [-0.2, -0.15) is 0 Å². The van der Waals surface area contributed by atoms with Crippen molar-refractivity contribution >= 4 is 10.2 Å². The van der Waals surface area contributed by atoms with Crippen molar-refractivity contribution in [3.63, 3.8) is 0 Å². The Morgan fingerprint density at radius 3 is 2.40 bits per heavy atom. The van der Waals surface area contributed by atoms with Gasteiger partial charge in [-0.1, -0.05) is 6.08 Å². The highest BCUT2D eigenvalue weighted by Gasteiger charge is 1.53. The first-order valence-electron chi connectivity index (χ1n) is 1.43. The molecule has 5 heavy (non-hydrogen) atoms. The molecule has 0 spiro atoms. The molecule has 2 heteroatoms. The van der Waals surface area contributed by atoms with Crippen LogP contribution in [0.15, 0.2) is 12.3 Å². The summed E-state index contributed by atoms with van der Waals surface area (Å²) in [6, 6.07) is 0.844. The van der Waals surface area contributed by atoms with E-state index in [1.165, 1.54) is 6.20 Å². The van der Waals surface area contributed by atoms with Crippen molar-refractivity contribution in [2.45, 2.75) is 6.04 Å². The van der Waals surface area contributed by atoms with Crippen LogP contribution in [0.1, 0.15) is 0 Å². The van der Waals surface area contributed by atoms with E-state index < -0.39 is 0 Å². The molecule has 0 rings (SSSR count). The lowest BCUT2D eigenvalue weighted by molar-refractivity contribution is 1.55. The maximum Gasteiger partial charge on any atom is 0.0276 e. The van der Waals surface area contributed by atoms with E-state index in [1.54, 1.807) is 0 Å². The lowest BCUT2D eigenvalue weighted by Gasteiger charge is -1.65. The second-order valence-electron chi connectivity index (χ2n) is 0.632. The monoisotopic (exact) mass is 84.0 g/mol. The predicted molar refractivity (Wildman–Crippen MR) is 23.9 cm³/mol. The molecule has 1 nitrogen and oxygen atoms in total. The van der Waals surface area contributed by atoms with Crippen molar-refractivity contribution < 1.29 is 0 Å². The molecule has 0 bridgehead atoms. The summed E-state index contributed by atoms with van der Waals surface area (Å²) in [4.78, 5) is 0. The molecule has 0 saturated heterocycles. The topological polar surface area (TPSA) is 26.0 Å². The van der Waals surface area contributed by atoms with Gasteiger partial charge in [0.15, 0.2) is 0 Å². The van der Waals surface area contributed by atoms with Gasteiger partial charge in [-0.25, -0.2) is 0 Å². The molecule has 0 saturated carbocycles. The predicted octanol–water partition coefficient (Wildman–Crippen LogP) is 0.0456. The molecular weight excluding hydrogens is 78.1 g/mol. The van der Waals surface area contributed by atoms with Crippen LogP contribution < -0.4 is 5.73 Å². The summed E-state index contributed by atoms with van der Waals surface area (Å²) < 4.78 is 0. The van der Waals surface area contributed by atoms with E-state index in [0.29, 0.717) is 0 Å². The van der Waals surface area contributed by atoms with Crippen LogP contribution in [0.2, 0.25) is 6.04 Å². The minimum Gasteiger partial charge on any atom is -0.405 e. The second kappa shape index (κ2) is 3.76. The first-order valence-corrected chi connectivity index (χ1v) is 2.14. The Morgan fingerprint density at radius 1 is 1.80 bits per heavy atom. The quantitative estimate of drug-likeness (QED) is 0.446. The summed E-state index contributed by atoms with van der Waals surface area (Å²) in [5.74, 6) is 0. The average molecular weight is 84.2 g/mol. The summed E-state index contributed by atoms with van der Waals surface area (Å²) in [7, 11) is 3.18. The third-order valence-corrected chi connectivity index (χ3v) is 0.490. The molecule has 27 valence electrons. The standard InChI is InChI=1S/C3H6NSi/c4-2-1-3-5/h1-2H,3-4H2. The fraction of sp³-hybridized carbons (Fsp3) is 0.333. The van der Waals surface area contributed by atoms with Crippen molar-refractivity contribution in [3.05, 3.63) is 12.3 Å². The molecular formula is C3H6NSi. The van der Waals surface area contributed by atoms with Crippen LogP contribution in [0.5, 0.6) is 0 Å². The summed E-state index contributed by atoms with van der Waals surface area (Å²) in [5.41, 5.74) is 4.93. The Labute approximate surface area is 35.3 Å². The van der Waals surface area contributed by atoms with Gasteiger partial charge in [-0.15, -0.1) is 0 Å².